The number of carbonyl (C=O) groups is 1. The van der Waals surface area contributed by atoms with E-state index in [-0.39, 0.29) is 10.8 Å². The normalized spacial score (nSPS) is 17.9. The Bertz CT molecular complexity index is 953. The average molecular weight is 405 g/mol. The summed E-state index contributed by atoms with van der Waals surface area (Å²) >= 11 is 1.20. The number of rotatable bonds is 2. The number of ether oxygens (including phenoxy) is 2. The number of urea groups is 1. The van der Waals surface area contributed by atoms with Crippen LogP contribution in [0.3, 0.4) is 0 Å². The van der Waals surface area contributed by atoms with Crippen LogP contribution in [0.2, 0.25) is 0 Å². The van der Waals surface area contributed by atoms with Crippen LogP contribution in [0.15, 0.2) is 29.4 Å². The van der Waals surface area contributed by atoms with Gasteiger partial charge in [-0.25, -0.2) is 4.79 Å². The van der Waals surface area contributed by atoms with Gasteiger partial charge in [0.15, 0.2) is 16.3 Å². The van der Waals surface area contributed by atoms with Crippen LogP contribution in [0.5, 0.6) is 11.5 Å². The van der Waals surface area contributed by atoms with Gasteiger partial charge in [-0.1, -0.05) is 0 Å². The first kappa shape index (κ1) is 19.2. The summed E-state index contributed by atoms with van der Waals surface area (Å²) < 4.78 is 63.0. The van der Waals surface area contributed by atoms with Gasteiger partial charge >= 0.3 is 18.2 Å². The zero-order valence-electron chi connectivity index (χ0n) is 14.4. The number of nitrogens with zero attached hydrogens (tertiary/aromatic N) is 2. The summed E-state index contributed by atoms with van der Waals surface area (Å²) in [7, 11) is 0. The Labute approximate surface area is 155 Å². The van der Waals surface area contributed by atoms with Gasteiger partial charge in [-0.3, -0.25) is 4.57 Å². The van der Waals surface area contributed by atoms with Gasteiger partial charge in [-0.15, -0.1) is 11.3 Å². The molecule has 2 aromatic rings. The molecule has 3 rings (SSSR count). The number of amides is 2. The second-order valence-corrected chi connectivity index (χ2v) is 7.29. The maximum Gasteiger partial charge on any atom is 0.507 e. The molecule has 0 saturated heterocycles. The molecule has 0 bridgehead atoms. The number of alkyl halides is 4. The van der Waals surface area contributed by atoms with E-state index in [1.54, 1.807) is 27.0 Å². The molecule has 2 heterocycles. The van der Waals surface area contributed by atoms with E-state index in [1.807, 2.05) is 0 Å². The molecule has 0 aliphatic carbocycles. The Morgan fingerprint density at radius 1 is 1.19 bits per heavy atom. The predicted molar refractivity (Wildman–Crippen MR) is 88.8 cm³/mol. The first-order chi connectivity index (χ1) is 12.5. The molecule has 0 spiro atoms. The van der Waals surface area contributed by atoms with Crippen molar-refractivity contribution in [2.75, 3.05) is 0 Å². The van der Waals surface area contributed by atoms with Gasteiger partial charge in [-0.2, -0.15) is 22.6 Å². The largest absolute Gasteiger partial charge is 0.507 e. The molecule has 6 nitrogen and oxygen atoms in total. The fraction of sp³-hybridized carbons (Fsp3) is 0.375. The fourth-order valence-corrected chi connectivity index (χ4v) is 3.12. The Morgan fingerprint density at radius 2 is 1.81 bits per heavy atom. The quantitative estimate of drug-likeness (QED) is 0.773. The summed E-state index contributed by atoms with van der Waals surface area (Å²) in [4.78, 5) is 16.9. The lowest BCUT2D eigenvalue weighted by Gasteiger charge is -2.31. The highest BCUT2D eigenvalue weighted by Crippen LogP contribution is 2.47. The molecule has 1 aromatic carbocycles. The molecule has 27 heavy (non-hydrogen) atoms. The van der Waals surface area contributed by atoms with E-state index in [2.05, 4.69) is 19.8 Å². The van der Waals surface area contributed by atoms with Gasteiger partial charge in [0.25, 0.3) is 0 Å². The minimum atomic E-state index is -4.81. The van der Waals surface area contributed by atoms with Crippen LogP contribution in [0.1, 0.15) is 18.7 Å². The van der Waals surface area contributed by atoms with E-state index >= 15 is 0 Å². The zero-order valence-corrected chi connectivity index (χ0v) is 15.2. The molecule has 0 saturated carbocycles. The Kier molecular flexibility index (Phi) is 4.66. The number of benzene rings is 1. The monoisotopic (exact) mass is 405 g/mol. The molecule has 1 aliphatic rings. The molecule has 146 valence electrons. The van der Waals surface area contributed by atoms with Crippen LogP contribution in [-0.4, -0.2) is 28.9 Å². The lowest BCUT2D eigenvalue weighted by molar-refractivity contribution is -0.391. The molecule has 1 aromatic heterocycles. The van der Waals surface area contributed by atoms with Crippen LogP contribution in [-0.2, 0) is 0 Å². The molecule has 0 unspecified atom stereocenters. The summed E-state index contributed by atoms with van der Waals surface area (Å²) in [6.45, 7) is 5.32. The second-order valence-electron chi connectivity index (χ2n) is 6.08. The lowest BCUT2D eigenvalue weighted by Crippen LogP contribution is -2.52. The third-order valence-corrected chi connectivity index (χ3v) is 4.30. The van der Waals surface area contributed by atoms with E-state index < -0.39 is 29.7 Å². The highest BCUT2D eigenvalue weighted by atomic mass is 32.1. The van der Waals surface area contributed by atoms with Crippen molar-refractivity contribution in [3.63, 3.8) is 0 Å². The lowest BCUT2D eigenvalue weighted by atomic mass is 10.2. The number of fused-ring (bicyclic) bond motifs is 1. The third-order valence-electron chi connectivity index (χ3n) is 3.40. The van der Waals surface area contributed by atoms with Crippen LogP contribution in [0, 0.1) is 6.92 Å². The van der Waals surface area contributed by atoms with Crippen molar-refractivity contribution in [3.05, 3.63) is 34.1 Å². The number of aryl methyl sites for hydroxylation is 1. The smallest absolute Gasteiger partial charge is 0.421 e. The van der Waals surface area contributed by atoms with Gasteiger partial charge in [-0.05, 0) is 32.9 Å². The summed E-state index contributed by atoms with van der Waals surface area (Å²) in [6.07, 6.45) is -7.95. The minimum absolute atomic E-state index is 0.117. The highest BCUT2D eigenvalue weighted by Gasteiger charge is 2.65. The van der Waals surface area contributed by atoms with Crippen molar-refractivity contribution in [1.82, 2.24) is 9.88 Å². The molecule has 1 N–H and O–H groups in total. The maximum absolute atomic E-state index is 13.4. The van der Waals surface area contributed by atoms with Crippen LogP contribution >= 0.6 is 11.3 Å². The van der Waals surface area contributed by atoms with Gasteiger partial charge in [0.2, 0.25) is 0 Å². The van der Waals surface area contributed by atoms with E-state index in [9.17, 15) is 22.4 Å². The number of hydrogen-bond acceptors (Lipinski definition) is 4. The van der Waals surface area contributed by atoms with E-state index in [1.165, 1.54) is 22.0 Å². The van der Waals surface area contributed by atoms with Crippen molar-refractivity contribution in [1.29, 1.82) is 0 Å². The van der Waals surface area contributed by atoms with E-state index in [0.29, 0.717) is 5.69 Å². The van der Waals surface area contributed by atoms with Crippen molar-refractivity contribution < 1.29 is 31.8 Å². The topological polar surface area (TPSA) is 64.8 Å². The fourth-order valence-electron chi connectivity index (χ4n) is 2.29. The summed E-state index contributed by atoms with van der Waals surface area (Å²) in [5.41, 5.74) is 0.291. The molecule has 0 atom stereocenters. The number of aromatic nitrogens is 1. The van der Waals surface area contributed by atoms with Crippen molar-refractivity contribution >= 4 is 17.4 Å². The van der Waals surface area contributed by atoms with E-state index in [0.717, 1.165) is 17.0 Å². The SMILES string of the molecule is Cc1cn(-c2ccc3c(c2)OC(F)(F)C(F)(F)O3)/c(=N/C(=O)NC(C)C)s1. The van der Waals surface area contributed by atoms with Crippen LogP contribution in [0.4, 0.5) is 22.4 Å². The third kappa shape index (κ3) is 3.77. The Hall–Kier alpha value is -2.56. The zero-order chi connectivity index (χ0) is 20.0. The first-order valence-electron chi connectivity index (χ1n) is 7.81. The van der Waals surface area contributed by atoms with Crippen molar-refractivity contribution in [3.8, 4) is 17.2 Å². The molecular weight excluding hydrogens is 390 g/mol. The Balaban J connectivity index is 2.03. The predicted octanol–water partition coefficient (Wildman–Crippen LogP) is 3.82. The highest BCUT2D eigenvalue weighted by molar-refractivity contribution is 7.09. The summed E-state index contributed by atoms with van der Waals surface area (Å²) in [5, 5.41) is 2.61. The number of nitrogens with one attached hydrogen (secondary N) is 1. The van der Waals surface area contributed by atoms with Gasteiger partial charge in [0.1, 0.15) is 0 Å². The molecule has 1 aliphatic heterocycles. The number of halogens is 4. The average Bonchev–Trinajstić information content (AvgIpc) is 2.87. The second kappa shape index (κ2) is 6.55. The maximum atomic E-state index is 13.4. The minimum Gasteiger partial charge on any atom is -0.421 e. The molecular formula is C16H15F4N3O3S. The van der Waals surface area contributed by atoms with Gasteiger partial charge < -0.3 is 14.8 Å². The first-order valence-corrected chi connectivity index (χ1v) is 8.62. The summed E-state index contributed by atoms with van der Waals surface area (Å²) in [5.74, 6) is -1.06. The van der Waals surface area contributed by atoms with Crippen molar-refractivity contribution in [2.45, 2.75) is 39.0 Å². The number of hydrogen-bond donors (Lipinski definition) is 1. The molecule has 2 amide bonds. The van der Waals surface area contributed by atoms with Gasteiger partial charge in [0, 0.05) is 23.2 Å². The van der Waals surface area contributed by atoms with Crippen LogP contribution in [0.25, 0.3) is 5.69 Å². The molecule has 0 radical (unpaired) electrons. The molecule has 0 fully saturated rings. The Morgan fingerprint density at radius 3 is 2.44 bits per heavy atom. The van der Waals surface area contributed by atoms with Crippen LogP contribution < -0.4 is 19.6 Å². The number of thiazole rings is 1. The number of carbonyl (C=O) groups excluding carboxylic acids is 1. The van der Waals surface area contributed by atoms with Crippen molar-refractivity contribution in [2.24, 2.45) is 4.99 Å². The summed E-state index contributed by atoms with van der Waals surface area (Å²) in [6, 6.07) is 2.89. The molecule has 11 heteroatoms. The van der Waals surface area contributed by atoms with Gasteiger partial charge in [0.05, 0.1) is 5.69 Å². The van der Waals surface area contributed by atoms with E-state index in [4.69, 9.17) is 0 Å². The standard InChI is InChI=1S/C16H15F4N3O3S/c1-8(2)21-13(24)22-14-23(7-9(3)27-14)10-4-5-11-12(6-10)26-16(19,20)15(17,18)25-11/h4-8H,1-3H3,(H,21,24)/b22-14-.